The van der Waals surface area contributed by atoms with Crippen molar-refractivity contribution in [1.29, 1.82) is 0 Å². The molecule has 0 bridgehead atoms. The molecule has 0 heterocycles. The normalized spacial score (nSPS) is 45.9. The maximum atomic E-state index is 12.3. The molecule has 4 aliphatic carbocycles. The fraction of sp³-hybridized carbons (Fsp3) is 0.938. The van der Waals surface area contributed by atoms with Gasteiger partial charge in [0.25, 0.3) is 0 Å². The van der Waals surface area contributed by atoms with Gasteiger partial charge in [0.15, 0.2) is 0 Å². The van der Waals surface area contributed by atoms with Gasteiger partial charge in [0, 0.05) is 18.8 Å². The summed E-state index contributed by atoms with van der Waals surface area (Å²) in [5, 5.41) is 0. The molecular weight excluding hydrogens is 432 g/mol. The number of carbonyl (C=O) groups excluding carboxylic acids is 2. The molecule has 10 atom stereocenters. The summed E-state index contributed by atoms with van der Waals surface area (Å²) in [6, 6.07) is 0. The summed E-state index contributed by atoms with van der Waals surface area (Å²) in [7, 11) is 0. The van der Waals surface area contributed by atoms with Gasteiger partial charge in [-0.1, -0.05) is 60.8 Å². The van der Waals surface area contributed by atoms with Crippen molar-refractivity contribution < 1.29 is 14.3 Å². The van der Waals surface area contributed by atoms with E-state index >= 15 is 0 Å². The summed E-state index contributed by atoms with van der Waals surface area (Å²) in [5.41, 5.74) is 0.878. The highest BCUT2D eigenvalue weighted by Crippen LogP contribution is 2.74. The van der Waals surface area contributed by atoms with Crippen molar-refractivity contribution in [2.75, 3.05) is 0 Å². The molecule has 4 aliphatic rings. The molecule has 0 aliphatic heterocycles. The van der Waals surface area contributed by atoms with Crippen LogP contribution < -0.4 is 0 Å². The fourth-order valence-electron chi connectivity index (χ4n) is 10.4. The van der Waals surface area contributed by atoms with Gasteiger partial charge in [-0.15, -0.1) is 0 Å². The summed E-state index contributed by atoms with van der Waals surface area (Å²) in [6.07, 6.45) is 13.5. The van der Waals surface area contributed by atoms with Gasteiger partial charge in [0.1, 0.15) is 11.9 Å². The SMILES string of the molecule is CC(=O)O[C@H]1C[C@H]2[C@@H](CC[C@]3(C)[C@H]([C@H](C)CCCC(C)C)CC[C@]23C)[C@@]2(C)CC[C@H](C(C)=O)C[C@H]12. The van der Waals surface area contributed by atoms with Crippen LogP contribution in [0.2, 0.25) is 0 Å². The highest BCUT2D eigenvalue weighted by atomic mass is 16.5. The number of rotatable bonds is 7. The summed E-state index contributed by atoms with van der Waals surface area (Å²) in [5.74, 6) is 4.37. The van der Waals surface area contributed by atoms with Crippen LogP contribution in [0.25, 0.3) is 0 Å². The van der Waals surface area contributed by atoms with Gasteiger partial charge < -0.3 is 4.74 Å². The molecule has 0 amide bonds. The number of esters is 1. The first-order valence-corrected chi connectivity index (χ1v) is 15.0. The van der Waals surface area contributed by atoms with Crippen LogP contribution in [0.1, 0.15) is 126 Å². The highest BCUT2D eigenvalue weighted by molar-refractivity contribution is 5.78. The van der Waals surface area contributed by atoms with E-state index in [9.17, 15) is 9.59 Å². The minimum absolute atomic E-state index is 0.0254. The molecule has 0 aromatic heterocycles. The van der Waals surface area contributed by atoms with E-state index in [-0.39, 0.29) is 23.4 Å². The molecule has 4 rings (SSSR count). The highest BCUT2D eigenvalue weighted by Gasteiger charge is 2.67. The standard InChI is InChI=1S/C32H54O3/c1-20(2)10-9-11-21(3)25-13-16-32(8)27-19-29(35-23(5)34)28-18-24(22(4)33)12-15-30(28,6)26(27)14-17-31(25,32)7/h20-21,24-29H,9-19H2,1-8H3/t21-,24+,25+,26-,27+,28-,29+,30-,31-,32-/m1/s1. The van der Waals surface area contributed by atoms with Crippen molar-refractivity contribution in [3.8, 4) is 0 Å². The zero-order valence-corrected chi connectivity index (χ0v) is 24.1. The molecule has 35 heavy (non-hydrogen) atoms. The first kappa shape index (κ1) is 27.2. The Hall–Kier alpha value is -0.860. The van der Waals surface area contributed by atoms with Crippen molar-refractivity contribution in [3.63, 3.8) is 0 Å². The average molecular weight is 487 g/mol. The lowest BCUT2D eigenvalue weighted by atomic mass is 9.39. The minimum Gasteiger partial charge on any atom is -0.462 e. The lowest BCUT2D eigenvalue weighted by molar-refractivity contribution is -0.206. The molecule has 3 nitrogen and oxygen atoms in total. The molecule has 0 unspecified atom stereocenters. The monoisotopic (exact) mass is 486 g/mol. The molecule has 3 heteroatoms. The van der Waals surface area contributed by atoms with Crippen molar-refractivity contribution in [3.05, 3.63) is 0 Å². The Morgan fingerprint density at radius 1 is 0.829 bits per heavy atom. The van der Waals surface area contributed by atoms with Gasteiger partial charge in [0.05, 0.1) is 0 Å². The molecule has 0 aromatic rings. The van der Waals surface area contributed by atoms with Crippen LogP contribution in [0.4, 0.5) is 0 Å². The van der Waals surface area contributed by atoms with Gasteiger partial charge in [-0.25, -0.2) is 0 Å². The maximum absolute atomic E-state index is 12.3. The Morgan fingerprint density at radius 2 is 1.51 bits per heavy atom. The average Bonchev–Trinajstić information content (AvgIpc) is 3.04. The van der Waals surface area contributed by atoms with Crippen molar-refractivity contribution in [2.24, 2.45) is 57.7 Å². The van der Waals surface area contributed by atoms with E-state index in [1.54, 1.807) is 13.8 Å². The zero-order valence-electron chi connectivity index (χ0n) is 24.1. The summed E-state index contributed by atoms with van der Waals surface area (Å²) in [6.45, 7) is 18.3. The van der Waals surface area contributed by atoms with Crippen LogP contribution in [-0.2, 0) is 14.3 Å². The number of Topliss-reactive ketones (excluding diaryl/α,β-unsaturated/α-hetero) is 1. The topological polar surface area (TPSA) is 43.4 Å². The molecule has 0 saturated heterocycles. The number of carbonyl (C=O) groups is 2. The Morgan fingerprint density at radius 3 is 2.14 bits per heavy atom. The number of hydrogen-bond donors (Lipinski definition) is 0. The Balaban J connectivity index is 1.61. The second-order valence-corrected chi connectivity index (χ2v) is 14.6. The summed E-state index contributed by atoms with van der Waals surface area (Å²) in [4.78, 5) is 24.6. The summed E-state index contributed by atoms with van der Waals surface area (Å²) < 4.78 is 6.13. The van der Waals surface area contributed by atoms with E-state index in [0.29, 0.717) is 34.4 Å². The zero-order chi connectivity index (χ0) is 25.8. The first-order chi connectivity index (χ1) is 16.3. The second-order valence-electron chi connectivity index (χ2n) is 14.6. The first-order valence-electron chi connectivity index (χ1n) is 15.0. The van der Waals surface area contributed by atoms with Gasteiger partial charge in [-0.3, -0.25) is 9.59 Å². The summed E-state index contributed by atoms with van der Waals surface area (Å²) >= 11 is 0. The molecule has 4 saturated carbocycles. The lowest BCUT2D eigenvalue weighted by Gasteiger charge is -2.66. The van der Waals surface area contributed by atoms with Crippen LogP contribution in [0.5, 0.6) is 0 Å². The Labute approximate surface area is 215 Å². The molecule has 0 spiro atoms. The van der Waals surface area contributed by atoms with Gasteiger partial charge >= 0.3 is 5.97 Å². The third-order valence-electron chi connectivity index (χ3n) is 12.6. The minimum atomic E-state index is -0.146. The van der Waals surface area contributed by atoms with E-state index in [0.717, 1.165) is 43.4 Å². The molecular formula is C32H54O3. The predicted molar refractivity (Wildman–Crippen MR) is 143 cm³/mol. The maximum Gasteiger partial charge on any atom is 0.302 e. The van der Waals surface area contributed by atoms with Gasteiger partial charge in [0.2, 0.25) is 0 Å². The number of hydrogen-bond acceptors (Lipinski definition) is 3. The third kappa shape index (κ3) is 4.54. The van der Waals surface area contributed by atoms with Gasteiger partial charge in [-0.2, -0.15) is 0 Å². The van der Waals surface area contributed by atoms with Gasteiger partial charge in [-0.05, 0) is 104 Å². The molecule has 0 aromatic carbocycles. The number of fused-ring (bicyclic) bond motifs is 5. The lowest BCUT2D eigenvalue weighted by Crippen LogP contribution is -2.61. The van der Waals surface area contributed by atoms with Crippen LogP contribution in [0.3, 0.4) is 0 Å². The van der Waals surface area contributed by atoms with Crippen molar-refractivity contribution in [2.45, 2.75) is 132 Å². The second kappa shape index (κ2) is 9.79. The van der Waals surface area contributed by atoms with E-state index in [2.05, 4.69) is 41.5 Å². The van der Waals surface area contributed by atoms with Crippen LogP contribution in [-0.4, -0.2) is 17.9 Å². The smallest absolute Gasteiger partial charge is 0.302 e. The van der Waals surface area contributed by atoms with E-state index in [1.165, 1.54) is 44.9 Å². The van der Waals surface area contributed by atoms with Crippen molar-refractivity contribution in [1.82, 2.24) is 0 Å². The molecule has 0 radical (unpaired) electrons. The van der Waals surface area contributed by atoms with Crippen LogP contribution in [0, 0.1) is 57.7 Å². The Kier molecular flexibility index (Phi) is 7.60. The molecule has 200 valence electrons. The number of ether oxygens (including phenoxy) is 1. The van der Waals surface area contributed by atoms with E-state index in [1.807, 2.05) is 0 Å². The fourth-order valence-corrected chi connectivity index (χ4v) is 10.4. The Bertz CT molecular complexity index is 803. The van der Waals surface area contributed by atoms with Crippen LogP contribution >= 0.6 is 0 Å². The van der Waals surface area contributed by atoms with Crippen LogP contribution in [0.15, 0.2) is 0 Å². The number of ketones is 1. The van der Waals surface area contributed by atoms with E-state index < -0.39 is 0 Å². The quantitative estimate of drug-likeness (QED) is 0.340. The molecule has 0 N–H and O–H groups in total. The largest absolute Gasteiger partial charge is 0.462 e. The predicted octanol–water partition coefficient (Wildman–Crippen LogP) is 8.24. The molecule has 4 fully saturated rings. The van der Waals surface area contributed by atoms with Crippen molar-refractivity contribution >= 4 is 11.8 Å². The third-order valence-corrected chi connectivity index (χ3v) is 12.6. The van der Waals surface area contributed by atoms with E-state index in [4.69, 9.17) is 4.74 Å².